The van der Waals surface area contributed by atoms with Gasteiger partial charge in [0, 0.05) is 12.8 Å². The lowest BCUT2D eigenvalue weighted by Gasteiger charge is -2.23. The van der Waals surface area contributed by atoms with Crippen molar-refractivity contribution in [3.8, 4) is 0 Å². The van der Waals surface area contributed by atoms with Gasteiger partial charge in [0.25, 0.3) is 0 Å². The predicted octanol–water partition coefficient (Wildman–Crippen LogP) is 3.39. The third kappa shape index (κ3) is 16.0. The minimum absolute atomic E-state index is 0.0171. The van der Waals surface area contributed by atoms with Gasteiger partial charge < -0.3 is 25.5 Å². The Kier molecular flexibility index (Phi) is 17.0. The molecule has 0 saturated carbocycles. The maximum absolute atomic E-state index is 10.4. The quantitative estimate of drug-likeness (QED) is 0.216. The monoisotopic (exact) mass is 390 g/mol. The van der Waals surface area contributed by atoms with Crippen LogP contribution in [-0.2, 0) is 4.79 Å². The van der Waals surface area contributed by atoms with Gasteiger partial charge in [0.05, 0.1) is 24.4 Å². The van der Waals surface area contributed by atoms with E-state index in [-0.39, 0.29) is 12.8 Å². The first-order chi connectivity index (χ1) is 12.9. The van der Waals surface area contributed by atoms with E-state index in [9.17, 15) is 25.2 Å². The van der Waals surface area contributed by atoms with E-state index in [0.717, 1.165) is 44.9 Å². The minimum atomic E-state index is -1.04. The van der Waals surface area contributed by atoms with E-state index in [2.05, 4.69) is 6.92 Å². The number of aliphatic hydroxyl groups is 4. The Bertz CT molecular complexity index is 350. The molecule has 4 unspecified atom stereocenters. The molecule has 4 atom stereocenters. The van der Waals surface area contributed by atoms with Crippen molar-refractivity contribution in [3.05, 3.63) is 0 Å². The Balaban J connectivity index is 3.73. The Morgan fingerprint density at radius 2 is 1.04 bits per heavy atom. The summed E-state index contributed by atoms with van der Waals surface area (Å²) in [5.74, 6) is -0.772. The lowest BCUT2D eigenvalue weighted by molar-refractivity contribution is -0.137. The van der Waals surface area contributed by atoms with E-state index >= 15 is 0 Å². The van der Waals surface area contributed by atoms with Crippen LogP contribution in [0.15, 0.2) is 0 Å². The van der Waals surface area contributed by atoms with Gasteiger partial charge in [-0.1, -0.05) is 71.1 Å². The third-order valence-corrected chi connectivity index (χ3v) is 5.12. The Hall–Kier alpha value is -0.690. The molecule has 0 aromatic rings. The largest absolute Gasteiger partial charge is 0.481 e. The van der Waals surface area contributed by atoms with Crippen molar-refractivity contribution >= 4 is 5.97 Å². The molecule has 0 aliphatic rings. The number of carboxylic acid groups (broad SMARTS) is 1. The summed E-state index contributed by atoms with van der Waals surface area (Å²) in [5, 5.41) is 48.6. The number of hydrogen-bond donors (Lipinski definition) is 5. The summed E-state index contributed by atoms with van der Waals surface area (Å²) >= 11 is 0. The zero-order valence-corrected chi connectivity index (χ0v) is 17.1. The molecule has 0 fully saturated rings. The lowest BCUT2D eigenvalue weighted by Crippen LogP contribution is -2.35. The number of hydrogen-bond acceptors (Lipinski definition) is 5. The molecule has 0 aliphatic heterocycles. The molecular formula is C21H42O6. The van der Waals surface area contributed by atoms with Gasteiger partial charge in [-0.15, -0.1) is 0 Å². The fourth-order valence-corrected chi connectivity index (χ4v) is 3.24. The van der Waals surface area contributed by atoms with Crippen molar-refractivity contribution in [2.45, 2.75) is 128 Å². The van der Waals surface area contributed by atoms with Gasteiger partial charge in [-0.25, -0.2) is 0 Å². The van der Waals surface area contributed by atoms with Gasteiger partial charge in [0.2, 0.25) is 0 Å². The Labute approximate surface area is 164 Å². The number of aliphatic carboxylic acids is 1. The number of rotatable bonds is 19. The normalized spacial score (nSPS) is 16.0. The van der Waals surface area contributed by atoms with Crippen LogP contribution in [0.3, 0.4) is 0 Å². The summed E-state index contributed by atoms with van der Waals surface area (Å²) in [6.07, 6.45) is 8.10. The number of carbonyl (C=O) groups is 1. The molecular weight excluding hydrogens is 348 g/mol. The number of carboxylic acids is 1. The van der Waals surface area contributed by atoms with Crippen LogP contribution in [0.1, 0.15) is 103 Å². The molecule has 0 spiro atoms. The zero-order chi connectivity index (χ0) is 20.5. The van der Waals surface area contributed by atoms with E-state index in [0.29, 0.717) is 19.3 Å². The molecule has 0 aliphatic carbocycles. The molecule has 0 rings (SSSR count). The highest BCUT2D eigenvalue weighted by Gasteiger charge is 2.24. The smallest absolute Gasteiger partial charge is 0.303 e. The summed E-state index contributed by atoms with van der Waals surface area (Å²) in [4.78, 5) is 10.4. The Morgan fingerprint density at radius 1 is 0.630 bits per heavy atom. The van der Waals surface area contributed by atoms with Crippen LogP contribution in [-0.4, -0.2) is 55.9 Å². The average molecular weight is 391 g/mol. The second kappa shape index (κ2) is 17.4. The summed E-state index contributed by atoms with van der Waals surface area (Å²) in [6, 6.07) is 0. The molecule has 6 nitrogen and oxygen atoms in total. The van der Waals surface area contributed by atoms with Crippen LogP contribution in [0.2, 0.25) is 0 Å². The van der Waals surface area contributed by atoms with E-state index in [1.54, 1.807) is 0 Å². The van der Waals surface area contributed by atoms with E-state index in [1.165, 1.54) is 19.3 Å². The van der Waals surface area contributed by atoms with Crippen molar-refractivity contribution in [1.29, 1.82) is 0 Å². The van der Waals surface area contributed by atoms with Gasteiger partial charge in [-0.2, -0.15) is 0 Å². The highest BCUT2D eigenvalue weighted by atomic mass is 16.4. The fraction of sp³-hybridized carbons (Fsp3) is 0.952. The summed E-state index contributed by atoms with van der Waals surface area (Å²) in [7, 11) is 0. The van der Waals surface area contributed by atoms with Crippen molar-refractivity contribution < 1.29 is 30.3 Å². The molecule has 0 aromatic carbocycles. The molecule has 5 N–H and O–H groups in total. The van der Waals surface area contributed by atoms with Gasteiger partial charge in [-0.3, -0.25) is 4.79 Å². The van der Waals surface area contributed by atoms with Gasteiger partial charge >= 0.3 is 5.97 Å². The van der Waals surface area contributed by atoms with E-state index in [4.69, 9.17) is 5.11 Å². The molecule has 162 valence electrons. The molecule has 0 amide bonds. The van der Waals surface area contributed by atoms with Crippen LogP contribution in [0.5, 0.6) is 0 Å². The summed E-state index contributed by atoms with van der Waals surface area (Å²) in [5.41, 5.74) is 0. The van der Waals surface area contributed by atoms with Crippen molar-refractivity contribution in [2.24, 2.45) is 0 Å². The number of aliphatic hydroxyl groups excluding tert-OH is 4. The zero-order valence-electron chi connectivity index (χ0n) is 17.1. The maximum Gasteiger partial charge on any atom is 0.303 e. The first kappa shape index (κ1) is 26.3. The van der Waals surface area contributed by atoms with Crippen LogP contribution < -0.4 is 0 Å². The lowest BCUT2D eigenvalue weighted by atomic mass is 9.96. The standard InChI is InChI=1S/C21H42O6/c1-2-3-4-5-7-10-13-17(22)19(24)16-20(25)18(23)14-11-8-6-9-12-15-21(26)27/h17-20,22-25H,2-16H2,1H3,(H,26,27). The van der Waals surface area contributed by atoms with Crippen LogP contribution in [0, 0.1) is 0 Å². The third-order valence-electron chi connectivity index (χ3n) is 5.12. The first-order valence-electron chi connectivity index (χ1n) is 10.8. The van der Waals surface area contributed by atoms with Crippen molar-refractivity contribution in [3.63, 3.8) is 0 Å². The molecule has 0 radical (unpaired) electrons. The predicted molar refractivity (Wildman–Crippen MR) is 107 cm³/mol. The fourth-order valence-electron chi connectivity index (χ4n) is 3.24. The molecule has 0 bridgehead atoms. The second-order valence-corrected chi connectivity index (χ2v) is 7.76. The topological polar surface area (TPSA) is 118 Å². The number of unbranched alkanes of at least 4 members (excludes halogenated alkanes) is 9. The van der Waals surface area contributed by atoms with Crippen LogP contribution in [0.4, 0.5) is 0 Å². The van der Waals surface area contributed by atoms with Gasteiger partial charge in [0.15, 0.2) is 0 Å². The maximum atomic E-state index is 10.4. The summed E-state index contributed by atoms with van der Waals surface area (Å²) in [6.45, 7) is 2.17. The molecule has 0 aromatic heterocycles. The average Bonchev–Trinajstić information content (AvgIpc) is 2.62. The van der Waals surface area contributed by atoms with Crippen molar-refractivity contribution in [1.82, 2.24) is 0 Å². The summed E-state index contributed by atoms with van der Waals surface area (Å²) < 4.78 is 0. The minimum Gasteiger partial charge on any atom is -0.481 e. The van der Waals surface area contributed by atoms with Gasteiger partial charge in [0.1, 0.15) is 0 Å². The molecule has 0 heterocycles. The van der Waals surface area contributed by atoms with Gasteiger partial charge in [-0.05, 0) is 19.3 Å². The Morgan fingerprint density at radius 3 is 1.48 bits per heavy atom. The highest BCUT2D eigenvalue weighted by Crippen LogP contribution is 2.16. The van der Waals surface area contributed by atoms with Crippen molar-refractivity contribution in [2.75, 3.05) is 0 Å². The molecule has 0 saturated heterocycles. The first-order valence-corrected chi connectivity index (χ1v) is 10.8. The SMILES string of the molecule is CCCCCCCCC(O)C(O)CC(O)C(O)CCCCCCCC(=O)O. The van der Waals surface area contributed by atoms with Crippen LogP contribution in [0.25, 0.3) is 0 Å². The second-order valence-electron chi connectivity index (χ2n) is 7.76. The van der Waals surface area contributed by atoms with Crippen LogP contribution >= 0.6 is 0 Å². The highest BCUT2D eigenvalue weighted by molar-refractivity contribution is 5.66. The van der Waals surface area contributed by atoms with E-state index < -0.39 is 30.4 Å². The van der Waals surface area contributed by atoms with E-state index in [1.807, 2.05) is 0 Å². The molecule has 6 heteroatoms. The molecule has 27 heavy (non-hydrogen) atoms.